The molecule has 0 saturated heterocycles. The van der Waals surface area contributed by atoms with Gasteiger partial charge in [0.2, 0.25) is 0 Å². The van der Waals surface area contributed by atoms with Crippen molar-refractivity contribution in [2.24, 2.45) is 5.84 Å². The number of nitrogens with two attached hydrogens (primary N) is 1. The molecule has 3 N–H and O–H groups in total. The third-order valence-corrected chi connectivity index (χ3v) is 3.58. The largest absolute Gasteiger partial charge is 0.497 e. The summed E-state index contributed by atoms with van der Waals surface area (Å²) in [5.74, 6) is 5.08. The second kappa shape index (κ2) is 6.85. The molecule has 0 aliphatic rings. The first kappa shape index (κ1) is 15.7. The van der Waals surface area contributed by atoms with Crippen molar-refractivity contribution in [3.05, 3.63) is 64.2 Å². The maximum Gasteiger partial charge on any atom is 0.131 e. The van der Waals surface area contributed by atoms with E-state index in [1.807, 2.05) is 0 Å². The number of rotatable bonds is 5. The summed E-state index contributed by atoms with van der Waals surface area (Å²) in [6.45, 7) is 0. The molecule has 112 valence electrons. The van der Waals surface area contributed by atoms with Gasteiger partial charge >= 0.3 is 0 Å². The van der Waals surface area contributed by atoms with Crippen molar-refractivity contribution in [3.8, 4) is 5.75 Å². The lowest BCUT2D eigenvalue weighted by Gasteiger charge is -2.18. The van der Waals surface area contributed by atoms with Crippen LogP contribution in [-0.4, -0.2) is 7.11 Å². The minimum absolute atomic E-state index is 0.282. The zero-order chi connectivity index (χ0) is 15.4. The number of hydrazine groups is 1. The maximum atomic E-state index is 14.1. The van der Waals surface area contributed by atoms with E-state index in [0.29, 0.717) is 23.3 Å². The molecule has 3 nitrogen and oxygen atoms in total. The molecule has 0 radical (unpaired) electrons. The number of hydrogen-bond acceptors (Lipinski definition) is 3. The highest BCUT2D eigenvalue weighted by atomic mass is 35.5. The van der Waals surface area contributed by atoms with E-state index in [-0.39, 0.29) is 5.02 Å². The minimum Gasteiger partial charge on any atom is -0.497 e. The van der Waals surface area contributed by atoms with Gasteiger partial charge in [0.25, 0.3) is 0 Å². The Morgan fingerprint density at radius 2 is 2.00 bits per heavy atom. The van der Waals surface area contributed by atoms with Crippen molar-refractivity contribution in [3.63, 3.8) is 0 Å². The topological polar surface area (TPSA) is 47.3 Å². The number of halogens is 3. The first-order valence-corrected chi connectivity index (χ1v) is 6.66. The molecule has 0 aliphatic carbocycles. The van der Waals surface area contributed by atoms with Crippen LogP contribution >= 0.6 is 11.6 Å². The van der Waals surface area contributed by atoms with Gasteiger partial charge in [0, 0.05) is 16.7 Å². The Labute approximate surface area is 126 Å². The Morgan fingerprint density at radius 1 is 1.24 bits per heavy atom. The third-order valence-electron chi connectivity index (χ3n) is 3.22. The molecule has 0 aromatic heterocycles. The summed E-state index contributed by atoms with van der Waals surface area (Å²) >= 11 is 5.98. The summed E-state index contributed by atoms with van der Waals surface area (Å²) in [6, 6.07) is 8.12. The van der Waals surface area contributed by atoms with Gasteiger partial charge in [-0.05, 0) is 30.2 Å². The van der Waals surface area contributed by atoms with Crippen molar-refractivity contribution in [2.75, 3.05) is 7.11 Å². The molecule has 6 heteroatoms. The fourth-order valence-electron chi connectivity index (χ4n) is 2.08. The summed E-state index contributed by atoms with van der Waals surface area (Å²) in [7, 11) is 1.46. The van der Waals surface area contributed by atoms with E-state index in [4.69, 9.17) is 22.2 Å². The average molecular weight is 313 g/mol. The number of nitrogens with one attached hydrogen (secondary N) is 1. The number of ether oxygens (including phenoxy) is 1. The highest BCUT2D eigenvalue weighted by molar-refractivity contribution is 6.31. The standard InChI is InChI=1S/C15H15ClF2N2O/c1-21-11-4-5-12(14(18)8-11)15(20-19)6-9-2-3-10(17)7-13(9)16/h2-5,7-8,15,20H,6,19H2,1H3. The van der Waals surface area contributed by atoms with Gasteiger partial charge in [-0.1, -0.05) is 23.7 Å². The number of methoxy groups -OCH3 is 1. The van der Waals surface area contributed by atoms with Crippen LogP contribution in [0.25, 0.3) is 0 Å². The van der Waals surface area contributed by atoms with E-state index < -0.39 is 17.7 Å². The molecule has 0 amide bonds. The van der Waals surface area contributed by atoms with Crippen molar-refractivity contribution in [1.82, 2.24) is 5.43 Å². The fraction of sp³-hybridized carbons (Fsp3) is 0.200. The Bertz CT molecular complexity index is 637. The molecular weight excluding hydrogens is 298 g/mol. The molecule has 1 atom stereocenters. The molecule has 21 heavy (non-hydrogen) atoms. The summed E-state index contributed by atoms with van der Waals surface area (Å²) in [5.41, 5.74) is 3.62. The van der Waals surface area contributed by atoms with Crippen LogP contribution in [0.4, 0.5) is 8.78 Å². The Morgan fingerprint density at radius 3 is 2.57 bits per heavy atom. The van der Waals surface area contributed by atoms with Crippen LogP contribution in [0.1, 0.15) is 17.2 Å². The first-order valence-electron chi connectivity index (χ1n) is 6.28. The van der Waals surface area contributed by atoms with Crippen LogP contribution in [0.15, 0.2) is 36.4 Å². The molecule has 0 aliphatic heterocycles. The average Bonchev–Trinajstić information content (AvgIpc) is 2.47. The molecule has 2 rings (SSSR count). The molecular formula is C15H15ClF2N2O. The van der Waals surface area contributed by atoms with Gasteiger partial charge in [0.05, 0.1) is 13.2 Å². The van der Waals surface area contributed by atoms with Crippen LogP contribution in [0, 0.1) is 11.6 Å². The number of hydrogen-bond donors (Lipinski definition) is 2. The minimum atomic E-state index is -0.487. The van der Waals surface area contributed by atoms with Gasteiger partial charge in [-0.3, -0.25) is 11.3 Å². The molecule has 0 spiro atoms. The van der Waals surface area contributed by atoms with Crippen molar-refractivity contribution >= 4 is 11.6 Å². The molecule has 2 aromatic carbocycles. The molecule has 0 heterocycles. The highest BCUT2D eigenvalue weighted by Gasteiger charge is 2.17. The normalized spacial score (nSPS) is 12.2. The molecule has 0 fully saturated rings. The van der Waals surface area contributed by atoms with Crippen LogP contribution in [0.5, 0.6) is 5.75 Å². The van der Waals surface area contributed by atoms with E-state index in [1.165, 1.54) is 25.3 Å². The van der Waals surface area contributed by atoms with E-state index in [2.05, 4.69) is 5.43 Å². The van der Waals surface area contributed by atoms with Gasteiger partial charge < -0.3 is 4.74 Å². The Balaban J connectivity index is 2.27. The zero-order valence-electron chi connectivity index (χ0n) is 11.4. The van der Waals surface area contributed by atoms with E-state index in [0.717, 1.165) is 0 Å². The zero-order valence-corrected chi connectivity index (χ0v) is 12.1. The van der Waals surface area contributed by atoms with E-state index >= 15 is 0 Å². The Kier molecular flexibility index (Phi) is 5.12. The van der Waals surface area contributed by atoms with E-state index in [9.17, 15) is 8.78 Å². The molecule has 1 unspecified atom stereocenters. The van der Waals surface area contributed by atoms with Gasteiger partial charge in [-0.15, -0.1) is 0 Å². The van der Waals surface area contributed by atoms with Gasteiger partial charge in [-0.2, -0.15) is 0 Å². The van der Waals surface area contributed by atoms with Gasteiger partial charge in [0.1, 0.15) is 17.4 Å². The quantitative estimate of drug-likeness (QED) is 0.657. The smallest absolute Gasteiger partial charge is 0.131 e. The second-order valence-electron chi connectivity index (χ2n) is 4.55. The van der Waals surface area contributed by atoms with Crippen molar-refractivity contribution in [1.29, 1.82) is 0 Å². The monoisotopic (exact) mass is 312 g/mol. The van der Waals surface area contributed by atoms with Crippen molar-refractivity contribution in [2.45, 2.75) is 12.5 Å². The van der Waals surface area contributed by atoms with Crippen molar-refractivity contribution < 1.29 is 13.5 Å². The second-order valence-corrected chi connectivity index (χ2v) is 4.95. The van der Waals surface area contributed by atoms with Crippen LogP contribution in [-0.2, 0) is 6.42 Å². The summed E-state index contributed by atoms with van der Waals surface area (Å²) in [5, 5.41) is 0.282. The predicted octanol–water partition coefficient (Wildman–Crippen LogP) is 3.37. The third kappa shape index (κ3) is 3.69. The summed E-state index contributed by atoms with van der Waals surface area (Å²) in [6.07, 6.45) is 0.332. The summed E-state index contributed by atoms with van der Waals surface area (Å²) < 4.78 is 32.1. The van der Waals surface area contributed by atoms with Crippen LogP contribution in [0.3, 0.4) is 0 Å². The van der Waals surface area contributed by atoms with Crippen LogP contribution in [0.2, 0.25) is 5.02 Å². The summed E-state index contributed by atoms with van der Waals surface area (Å²) in [4.78, 5) is 0. The van der Waals surface area contributed by atoms with E-state index in [1.54, 1.807) is 18.2 Å². The van der Waals surface area contributed by atoms with Gasteiger partial charge in [-0.25, -0.2) is 8.78 Å². The lowest BCUT2D eigenvalue weighted by Crippen LogP contribution is -2.30. The first-order chi connectivity index (χ1) is 10.0. The fourth-order valence-corrected chi connectivity index (χ4v) is 2.33. The van der Waals surface area contributed by atoms with Crippen LogP contribution < -0.4 is 16.0 Å². The maximum absolute atomic E-state index is 14.1. The number of benzene rings is 2. The lowest BCUT2D eigenvalue weighted by atomic mass is 9.98. The molecule has 0 saturated carbocycles. The Hall–Kier alpha value is -1.69. The van der Waals surface area contributed by atoms with Gasteiger partial charge in [0.15, 0.2) is 0 Å². The predicted molar refractivity (Wildman–Crippen MR) is 78.1 cm³/mol. The lowest BCUT2D eigenvalue weighted by molar-refractivity contribution is 0.409. The SMILES string of the molecule is COc1ccc(C(Cc2ccc(F)cc2Cl)NN)c(F)c1. The molecule has 2 aromatic rings. The highest BCUT2D eigenvalue weighted by Crippen LogP contribution is 2.27. The molecule has 0 bridgehead atoms.